The maximum atomic E-state index is 12.8. The number of benzene rings is 2. The summed E-state index contributed by atoms with van der Waals surface area (Å²) >= 11 is 0. The first kappa shape index (κ1) is 22.6. The quantitative estimate of drug-likeness (QED) is 0.611. The lowest BCUT2D eigenvalue weighted by atomic mass is 10.1. The summed E-state index contributed by atoms with van der Waals surface area (Å²) in [7, 11) is 0. The first-order valence-electron chi connectivity index (χ1n) is 10.6. The van der Waals surface area contributed by atoms with Crippen LogP contribution in [0.2, 0.25) is 0 Å². The van der Waals surface area contributed by atoms with Gasteiger partial charge in [-0.3, -0.25) is 4.79 Å². The molecule has 1 aliphatic rings. The van der Waals surface area contributed by atoms with Crippen LogP contribution in [0.15, 0.2) is 54.6 Å². The van der Waals surface area contributed by atoms with Crippen molar-refractivity contribution in [2.75, 3.05) is 36.4 Å². The molecule has 4 rings (SSSR count). The van der Waals surface area contributed by atoms with Crippen LogP contribution in [0.25, 0.3) is 0 Å². The van der Waals surface area contributed by atoms with Crippen molar-refractivity contribution >= 4 is 23.4 Å². The van der Waals surface area contributed by atoms with E-state index in [4.69, 9.17) is 0 Å². The number of rotatable bonds is 4. The SMILES string of the molecule is Cc1ccc(Nc2nc(C)cc(N3CCN(C(=O)c4ccc(C(F)(F)F)cc4)CC3)n2)cc1. The molecule has 33 heavy (non-hydrogen) atoms. The second kappa shape index (κ2) is 9.09. The number of carbonyl (C=O) groups is 1. The minimum absolute atomic E-state index is 0.249. The Kier molecular flexibility index (Phi) is 6.22. The highest BCUT2D eigenvalue weighted by Crippen LogP contribution is 2.29. The standard InChI is InChI=1S/C24H24F3N5O/c1-16-3-9-20(10-4-16)29-23-28-17(2)15-21(30-23)31-11-13-32(14-12-31)22(33)18-5-7-19(8-6-18)24(25,26)27/h3-10,15H,11-14H2,1-2H3,(H,28,29,30). The van der Waals surface area contributed by atoms with E-state index in [1.54, 1.807) is 4.90 Å². The summed E-state index contributed by atoms with van der Waals surface area (Å²) in [6.07, 6.45) is -4.42. The van der Waals surface area contributed by atoms with Crippen LogP contribution in [0.5, 0.6) is 0 Å². The Labute approximate surface area is 190 Å². The summed E-state index contributed by atoms with van der Waals surface area (Å²) < 4.78 is 38.3. The molecule has 1 N–H and O–H groups in total. The largest absolute Gasteiger partial charge is 0.416 e. The number of aromatic nitrogens is 2. The number of hydrogen-bond acceptors (Lipinski definition) is 5. The molecule has 0 spiro atoms. The van der Waals surface area contributed by atoms with Gasteiger partial charge in [-0.05, 0) is 50.2 Å². The summed E-state index contributed by atoms with van der Waals surface area (Å²) in [5.41, 5.74) is 2.36. The van der Waals surface area contributed by atoms with Crippen LogP contribution >= 0.6 is 0 Å². The van der Waals surface area contributed by atoms with Crippen LogP contribution < -0.4 is 10.2 Å². The van der Waals surface area contributed by atoms with Gasteiger partial charge in [-0.25, -0.2) is 4.98 Å². The Morgan fingerprint density at radius 2 is 1.55 bits per heavy atom. The molecule has 3 aromatic rings. The van der Waals surface area contributed by atoms with Gasteiger partial charge in [-0.1, -0.05) is 17.7 Å². The van der Waals surface area contributed by atoms with Gasteiger partial charge in [0.15, 0.2) is 0 Å². The average molecular weight is 455 g/mol. The van der Waals surface area contributed by atoms with Crippen molar-refractivity contribution < 1.29 is 18.0 Å². The fourth-order valence-electron chi connectivity index (χ4n) is 3.66. The van der Waals surface area contributed by atoms with Crippen molar-refractivity contribution in [2.24, 2.45) is 0 Å². The molecule has 0 aliphatic carbocycles. The monoisotopic (exact) mass is 455 g/mol. The Bertz CT molecular complexity index is 1120. The van der Waals surface area contributed by atoms with Gasteiger partial charge in [-0.15, -0.1) is 0 Å². The first-order valence-corrected chi connectivity index (χ1v) is 10.6. The second-order valence-corrected chi connectivity index (χ2v) is 8.04. The van der Waals surface area contributed by atoms with E-state index in [0.717, 1.165) is 34.9 Å². The highest BCUT2D eigenvalue weighted by Gasteiger charge is 2.31. The van der Waals surface area contributed by atoms with Crippen LogP contribution in [0, 0.1) is 13.8 Å². The highest BCUT2D eigenvalue weighted by molar-refractivity contribution is 5.94. The first-order chi connectivity index (χ1) is 15.7. The van der Waals surface area contributed by atoms with Gasteiger partial charge < -0.3 is 15.1 Å². The molecular weight excluding hydrogens is 431 g/mol. The predicted octanol–water partition coefficient (Wildman–Crippen LogP) is 4.82. The smallest absolute Gasteiger partial charge is 0.353 e. The molecule has 6 nitrogen and oxygen atoms in total. The van der Waals surface area contributed by atoms with Gasteiger partial charge in [0.1, 0.15) is 5.82 Å². The van der Waals surface area contributed by atoms with Crippen molar-refractivity contribution in [3.63, 3.8) is 0 Å². The van der Waals surface area contributed by atoms with E-state index < -0.39 is 11.7 Å². The summed E-state index contributed by atoms with van der Waals surface area (Å²) in [6.45, 7) is 5.94. The summed E-state index contributed by atoms with van der Waals surface area (Å²) in [4.78, 5) is 25.5. The number of carbonyl (C=O) groups excluding carboxylic acids is 1. The van der Waals surface area contributed by atoms with E-state index >= 15 is 0 Å². The Balaban J connectivity index is 1.40. The Morgan fingerprint density at radius 1 is 0.909 bits per heavy atom. The molecule has 2 aromatic carbocycles. The third kappa shape index (κ3) is 5.42. The van der Waals surface area contributed by atoms with E-state index in [1.807, 2.05) is 44.2 Å². The molecule has 0 bridgehead atoms. The zero-order valence-corrected chi connectivity index (χ0v) is 18.4. The zero-order chi connectivity index (χ0) is 23.6. The van der Waals surface area contributed by atoms with Gasteiger partial charge in [-0.2, -0.15) is 18.2 Å². The normalized spacial score (nSPS) is 14.3. The summed E-state index contributed by atoms with van der Waals surface area (Å²) in [5, 5.41) is 3.22. The lowest BCUT2D eigenvalue weighted by Gasteiger charge is -2.35. The molecular formula is C24H24F3N5O. The number of anilines is 3. The predicted molar refractivity (Wildman–Crippen MR) is 121 cm³/mol. The molecule has 1 amide bonds. The maximum absolute atomic E-state index is 12.8. The summed E-state index contributed by atoms with van der Waals surface area (Å²) in [5.74, 6) is 0.986. The number of aryl methyl sites for hydroxylation is 2. The van der Waals surface area contributed by atoms with Crippen molar-refractivity contribution in [2.45, 2.75) is 20.0 Å². The minimum atomic E-state index is -4.42. The van der Waals surface area contributed by atoms with E-state index in [9.17, 15) is 18.0 Å². The van der Waals surface area contributed by atoms with Gasteiger partial charge in [0.2, 0.25) is 5.95 Å². The number of nitrogens with one attached hydrogen (secondary N) is 1. The fraction of sp³-hybridized carbons (Fsp3) is 0.292. The fourth-order valence-corrected chi connectivity index (χ4v) is 3.66. The molecule has 0 radical (unpaired) electrons. The number of halogens is 3. The number of piperazine rings is 1. The molecule has 1 aromatic heterocycles. The van der Waals surface area contributed by atoms with E-state index in [2.05, 4.69) is 20.2 Å². The molecule has 0 atom stereocenters. The number of nitrogens with zero attached hydrogens (tertiary/aromatic N) is 4. The lowest BCUT2D eigenvalue weighted by Crippen LogP contribution is -2.49. The van der Waals surface area contributed by atoms with Crippen LogP contribution in [0.1, 0.15) is 27.2 Å². The molecule has 1 saturated heterocycles. The van der Waals surface area contributed by atoms with Crippen molar-refractivity contribution in [3.8, 4) is 0 Å². The van der Waals surface area contributed by atoms with Gasteiger partial charge in [0, 0.05) is 49.2 Å². The zero-order valence-electron chi connectivity index (χ0n) is 18.4. The van der Waals surface area contributed by atoms with Crippen LogP contribution in [0.3, 0.4) is 0 Å². The lowest BCUT2D eigenvalue weighted by molar-refractivity contribution is -0.137. The molecule has 2 heterocycles. The molecule has 1 aliphatic heterocycles. The van der Waals surface area contributed by atoms with E-state index in [-0.39, 0.29) is 11.5 Å². The third-order valence-corrected chi connectivity index (χ3v) is 5.50. The highest BCUT2D eigenvalue weighted by atomic mass is 19.4. The molecule has 0 unspecified atom stereocenters. The topological polar surface area (TPSA) is 61.4 Å². The second-order valence-electron chi connectivity index (χ2n) is 8.04. The van der Waals surface area contributed by atoms with E-state index in [0.29, 0.717) is 32.1 Å². The minimum Gasteiger partial charge on any atom is -0.353 e. The molecule has 172 valence electrons. The number of hydrogen-bond donors (Lipinski definition) is 1. The summed E-state index contributed by atoms with van der Waals surface area (Å²) in [6, 6.07) is 14.2. The third-order valence-electron chi connectivity index (χ3n) is 5.50. The molecule has 0 saturated carbocycles. The van der Waals surface area contributed by atoms with Gasteiger partial charge in [0.25, 0.3) is 5.91 Å². The van der Waals surface area contributed by atoms with Crippen molar-refractivity contribution in [1.29, 1.82) is 0 Å². The van der Waals surface area contributed by atoms with Gasteiger partial charge in [0.05, 0.1) is 5.56 Å². The van der Waals surface area contributed by atoms with Crippen LogP contribution in [-0.4, -0.2) is 47.0 Å². The van der Waals surface area contributed by atoms with Crippen molar-refractivity contribution in [1.82, 2.24) is 14.9 Å². The Morgan fingerprint density at radius 3 is 2.15 bits per heavy atom. The maximum Gasteiger partial charge on any atom is 0.416 e. The Hall–Kier alpha value is -3.62. The van der Waals surface area contributed by atoms with Crippen LogP contribution in [-0.2, 0) is 6.18 Å². The van der Waals surface area contributed by atoms with Crippen LogP contribution in [0.4, 0.5) is 30.6 Å². The van der Waals surface area contributed by atoms with E-state index in [1.165, 1.54) is 12.1 Å². The molecule has 9 heteroatoms. The number of amides is 1. The van der Waals surface area contributed by atoms with Gasteiger partial charge >= 0.3 is 6.18 Å². The average Bonchev–Trinajstić information content (AvgIpc) is 2.79. The van der Waals surface area contributed by atoms with Crippen molar-refractivity contribution in [3.05, 3.63) is 77.0 Å². The number of alkyl halides is 3. The molecule has 1 fully saturated rings.